The van der Waals surface area contributed by atoms with Gasteiger partial charge < -0.3 is 16.4 Å². The van der Waals surface area contributed by atoms with Crippen LogP contribution in [0.15, 0.2) is 54.7 Å². The summed E-state index contributed by atoms with van der Waals surface area (Å²) in [6.07, 6.45) is -4.12. The molecule has 1 heterocycles. The van der Waals surface area contributed by atoms with Crippen molar-refractivity contribution in [3.8, 4) is 5.69 Å². The molecule has 0 saturated heterocycles. The first kappa shape index (κ1) is 23.4. The number of primary amides is 1. The first-order valence-electron chi connectivity index (χ1n) is 9.41. The van der Waals surface area contributed by atoms with Crippen LogP contribution in [-0.4, -0.2) is 34.0 Å². The number of halogens is 4. The number of alkyl halides is 3. The number of carbonyl (C=O) groups excluding carboxylic acids is 3. The summed E-state index contributed by atoms with van der Waals surface area (Å²) in [5.74, 6) is -2.89. The highest BCUT2D eigenvalue weighted by atomic mass is 19.4. The minimum Gasteiger partial charge on any atom is -0.368 e. The van der Waals surface area contributed by atoms with Gasteiger partial charge in [0.15, 0.2) is 5.69 Å². The van der Waals surface area contributed by atoms with Gasteiger partial charge in [-0.05, 0) is 42.0 Å². The van der Waals surface area contributed by atoms with Crippen LogP contribution in [0.25, 0.3) is 5.69 Å². The number of aromatic nitrogens is 2. The van der Waals surface area contributed by atoms with Gasteiger partial charge >= 0.3 is 6.18 Å². The molecule has 0 bridgehead atoms. The van der Waals surface area contributed by atoms with Crippen LogP contribution in [0.1, 0.15) is 32.0 Å². The molecule has 0 radical (unpaired) electrons. The maximum atomic E-state index is 13.7. The highest BCUT2D eigenvalue weighted by Gasteiger charge is 2.40. The summed E-state index contributed by atoms with van der Waals surface area (Å²) in [5, 5.41) is 8.34. The number of hydrogen-bond donors (Lipinski definition) is 3. The Balaban J connectivity index is 1.73. The number of amides is 3. The van der Waals surface area contributed by atoms with Crippen LogP contribution < -0.4 is 16.4 Å². The third-order valence-corrected chi connectivity index (χ3v) is 4.45. The highest BCUT2D eigenvalue weighted by Crippen LogP contribution is 2.33. The van der Waals surface area contributed by atoms with Crippen LogP contribution in [0.2, 0.25) is 0 Å². The van der Waals surface area contributed by atoms with Gasteiger partial charge in [0.05, 0.1) is 24.0 Å². The quantitative estimate of drug-likeness (QED) is 0.466. The van der Waals surface area contributed by atoms with E-state index in [2.05, 4.69) is 15.7 Å². The molecule has 8 nitrogen and oxygen atoms in total. The van der Waals surface area contributed by atoms with Gasteiger partial charge in [-0.25, -0.2) is 9.07 Å². The van der Waals surface area contributed by atoms with Crippen LogP contribution in [-0.2, 0) is 17.5 Å². The Kier molecular flexibility index (Phi) is 6.75. The minimum atomic E-state index is -4.91. The zero-order valence-electron chi connectivity index (χ0n) is 16.8. The van der Waals surface area contributed by atoms with Crippen molar-refractivity contribution in [3.63, 3.8) is 0 Å². The smallest absolute Gasteiger partial charge is 0.368 e. The second-order valence-electron chi connectivity index (χ2n) is 6.82. The Morgan fingerprint density at radius 3 is 2.15 bits per heavy atom. The molecule has 0 spiro atoms. The fraction of sp³-hybridized carbons (Fsp3) is 0.143. The van der Waals surface area contributed by atoms with Gasteiger partial charge in [-0.2, -0.15) is 18.3 Å². The molecule has 0 atom stereocenters. The lowest BCUT2D eigenvalue weighted by molar-refractivity contribution is -0.143. The molecule has 3 rings (SSSR count). The first-order chi connectivity index (χ1) is 15.6. The summed E-state index contributed by atoms with van der Waals surface area (Å²) >= 11 is 0. The number of nitrogens with two attached hydrogens (primary N) is 1. The lowest BCUT2D eigenvalue weighted by Gasteiger charge is -2.13. The van der Waals surface area contributed by atoms with Crippen molar-refractivity contribution in [1.82, 2.24) is 20.4 Å². The van der Waals surface area contributed by atoms with E-state index in [9.17, 15) is 31.9 Å². The lowest BCUT2D eigenvalue weighted by atomic mass is 10.1. The molecular weight excluding hydrogens is 446 g/mol. The molecule has 33 heavy (non-hydrogen) atoms. The number of rotatable bonds is 7. The molecule has 0 unspecified atom stereocenters. The molecule has 12 heteroatoms. The van der Waals surface area contributed by atoms with Crippen LogP contribution in [0.4, 0.5) is 17.6 Å². The Bertz CT molecular complexity index is 1170. The van der Waals surface area contributed by atoms with E-state index in [0.29, 0.717) is 10.2 Å². The fourth-order valence-electron chi connectivity index (χ4n) is 2.89. The van der Waals surface area contributed by atoms with Gasteiger partial charge in [-0.1, -0.05) is 12.1 Å². The average Bonchev–Trinajstić information content (AvgIpc) is 3.22. The van der Waals surface area contributed by atoms with Gasteiger partial charge in [-0.15, -0.1) is 0 Å². The van der Waals surface area contributed by atoms with Gasteiger partial charge in [0.25, 0.3) is 11.8 Å². The number of nitrogens with zero attached hydrogens (tertiary/aromatic N) is 2. The summed E-state index contributed by atoms with van der Waals surface area (Å²) in [5.41, 5.74) is 3.63. The molecule has 4 N–H and O–H groups in total. The summed E-state index contributed by atoms with van der Waals surface area (Å²) < 4.78 is 54.7. The molecule has 2 aromatic carbocycles. The molecule has 0 aliphatic carbocycles. The largest absolute Gasteiger partial charge is 0.434 e. The van der Waals surface area contributed by atoms with E-state index in [1.54, 1.807) is 0 Å². The maximum Gasteiger partial charge on any atom is 0.434 e. The van der Waals surface area contributed by atoms with Crippen molar-refractivity contribution < 1.29 is 31.9 Å². The van der Waals surface area contributed by atoms with Crippen molar-refractivity contribution in [2.45, 2.75) is 12.7 Å². The first-order valence-corrected chi connectivity index (χ1v) is 9.41. The summed E-state index contributed by atoms with van der Waals surface area (Å²) in [4.78, 5) is 35.0. The van der Waals surface area contributed by atoms with E-state index in [1.165, 1.54) is 24.3 Å². The normalized spacial score (nSPS) is 11.2. The van der Waals surface area contributed by atoms with Crippen molar-refractivity contribution in [3.05, 3.63) is 82.9 Å². The summed E-state index contributed by atoms with van der Waals surface area (Å²) in [6, 6.07) is 10.0. The van der Waals surface area contributed by atoms with Gasteiger partial charge in [0.1, 0.15) is 5.82 Å². The van der Waals surface area contributed by atoms with Crippen LogP contribution in [0.3, 0.4) is 0 Å². The lowest BCUT2D eigenvalue weighted by Crippen LogP contribution is -2.33. The average molecular weight is 463 g/mol. The number of benzene rings is 2. The second kappa shape index (κ2) is 9.51. The van der Waals surface area contributed by atoms with E-state index >= 15 is 0 Å². The molecule has 0 saturated carbocycles. The summed E-state index contributed by atoms with van der Waals surface area (Å²) in [7, 11) is 0. The van der Waals surface area contributed by atoms with Crippen molar-refractivity contribution in [2.75, 3.05) is 6.54 Å². The van der Waals surface area contributed by atoms with Crippen molar-refractivity contribution in [2.24, 2.45) is 5.73 Å². The topological polar surface area (TPSA) is 119 Å². The van der Waals surface area contributed by atoms with Gasteiger partial charge in [0.2, 0.25) is 5.91 Å². The molecule has 0 aliphatic rings. The zero-order chi connectivity index (χ0) is 24.2. The SMILES string of the molecule is NC(=O)CNC(=O)c1ccc(CNC(=O)c2cnn(-c3ccc(F)cc3)c2C(F)(F)F)cc1. The molecule has 3 aromatic rings. The summed E-state index contributed by atoms with van der Waals surface area (Å²) in [6.45, 7) is -0.454. The van der Waals surface area contributed by atoms with Crippen LogP contribution in [0.5, 0.6) is 0 Å². The molecule has 172 valence electrons. The van der Waals surface area contributed by atoms with Crippen molar-refractivity contribution in [1.29, 1.82) is 0 Å². The number of carbonyl (C=O) groups is 3. The standard InChI is InChI=1S/C21H17F4N5O3/c22-14-5-7-15(8-6-14)30-18(21(23,24)25)16(10-29-30)20(33)27-9-12-1-3-13(4-2-12)19(32)28-11-17(26)31/h1-8,10H,9,11H2,(H2,26,31)(H,27,33)(H,28,32). The predicted octanol–water partition coefficient (Wildman–Crippen LogP) is 2.18. The third-order valence-electron chi connectivity index (χ3n) is 4.45. The Morgan fingerprint density at radius 2 is 1.58 bits per heavy atom. The maximum absolute atomic E-state index is 13.7. The number of hydrogen-bond acceptors (Lipinski definition) is 4. The van der Waals surface area contributed by atoms with E-state index in [4.69, 9.17) is 5.73 Å². The number of nitrogens with one attached hydrogen (secondary N) is 2. The predicted molar refractivity (Wildman–Crippen MR) is 108 cm³/mol. The molecular formula is C21H17F4N5O3. The zero-order valence-corrected chi connectivity index (χ0v) is 16.8. The Labute approximate surface area is 184 Å². The van der Waals surface area contributed by atoms with E-state index in [0.717, 1.165) is 30.5 Å². The monoisotopic (exact) mass is 463 g/mol. The van der Waals surface area contributed by atoms with Crippen LogP contribution >= 0.6 is 0 Å². The fourth-order valence-corrected chi connectivity index (χ4v) is 2.89. The third kappa shape index (κ3) is 5.73. The Morgan fingerprint density at radius 1 is 0.939 bits per heavy atom. The second-order valence-corrected chi connectivity index (χ2v) is 6.82. The molecule has 0 fully saturated rings. The van der Waals surface area contributed by atoms with Crippen molar-refractivity contribution >= 4 is 17.7 Å². The highest BCUT2D eigenvalue weighted by molar-refractivity contribution is 5.96. The molecule has 3 amide bonds. The van der Waals surface area contributed by atoms with E-state index in [-0.39, 0.29) is 24.3 Å². The Hall–Kier alpha value is -4.22. The molecule has 1 aromatic heterocycles. The molecule has 0 aliphatic heterocycles. The van der Waals surface area contributed by atoms with E-state index < -0.39 is 41.0 Å². The van der Waals surface area contributed by atoms with Gasteiger partial charge in [-0.3, -0.25) is 14.4 Å². The van der Waals surface area contributed by atoms with Crippen LogP contribution in [0, 0.1) is 5.82 Å². The van der Waals surface area contributed by atoms with E-state index in [1.807, 2.05) is 0 Å². The minimum absolute atomic E-state index is 0.0621. The van der Waals surface area contributed by atoms with Gasteiger partial charge in [0, 0.05) is 12.1 Å².